The van der Waals surface area contributed by atoms with E-state index in [2.05, 4.69) is 5.32 Å². The third kappa shape index (κ3) is 2.45. The molecule has 4 heteroatoms. The van der Waals surface area contributed by atoms with E-state index in [0.29, 0.717) is 5.69 Å². The summed E-state index contributed by atoms with van der Waals surface area (Å²) in [6.07, 6.45) is 1.49. The maximum absolute atomic E-state index is 12.5. The smallest absolute Gasteiger partial charge is 0.411 e. The quantitative estimate of drug-likeness (QED) is 0.787. The summed E-state index contributed by atoms with van der Waals surface area (Å²) in [5.41, 5.74) is 0.539. The SMILES string of the molecule is O=C(Nc1ccc(F)cc1)OC1CC1. The standard InChI is InChI=1S/C10H10FNO2/c11-7-1-3-8(4-2-7)12-10(13)14-9-5-6-9/h1-4,9H,5-6H2,(H,12,13). The summed E-state index contributed by atoms with van der Waals surface area (Å²) in [6, 6.07) is 5.55. The van der Waals surface area contributed by atoms with Crippen LogP contribution in [0.4, 0.5) is 14.9 Å². The maximum Gasteiger partial charge on any atom is 0.411 e. The van der Waals surface area contributed by atoms with Crippen LogP contribution in [0.1, 0.15) is 12.8 Å². The summed E-state index contributed by atoms with van der Waals surface area (Å²) in [4.78, 5) is 11.1. The number of hydrogen-bond acceptors (Lipinski definition) is 2. The predicted molar refractivity (Wildman–Crippen MR) is 49.5 cm³/mol. The summed E-state index contributed by atoms with van der Waals surface area (Å²) < 4.78 is 17.5. The lowest BCUT2D eigenvalue weighted by molar-refractivity contribution is 0.154. The molecule has 0 heterocycles. The molecule has 0 radical (unpaired) electrons. The minimum absolute atomic E-state index is 0.0791. The lowest BCUT2D eigenvalue weighted by Crippen LogP contribution is -2.14. The fraction of sp³-hybridized carbons (Fsp3) is 0.300. The number of amides is 1. The molecule has 1 amide bonds. The first kappa shape index (κ1) is 8.99. The van der Waals surface area contributed by atoms with E-state index in [1.54, 1.807) is 0 Å². The molecule has 0 unspecified atom stereocenters. The molecule has 1 aliphatic rings. The first-order chi connectivity index (χ1) is 6.74. The highest BCUT2D eigenvalue weighted by molar-refractivity contribution is 5.84. The molecule has 1 saturated carbocycles. The van der Waals surface area contributed by atoms with Crippen LogP contribution in [0.25, 0.3) is 0 Å². The molecule has 1 aliphatic carbocycles. The van der Waals surface area contributed by atoms with E-state index in [1.807, 2.05) is 0 Å². The van der Waals surface area contributed by atoms with Crippen LogP contribution in [-0.2, 0) is 4.74 Å². The summed E-state index contributed by atoms with van der Waals surface area (Å²) in [5, 5.41) is 2.51. The molecule has 1 fully saturated rings. The van der Waals surface area contributed by atoms with Gasteiger partial charge in [-0.05, 0) is 37.1 Å². The molecule has 0 spiro atoms. The van der Waals surface area contributed by atoms with Crippen LogP contribution >= 0.6 is 0 Å². The van der Waals surface area contributed by atoms with Gasteiger partial charge in [0.15, 0.2) is 0 Å². The molecule has 0 saturated heterocycles. The molecule has 14 heavy (non-hydrogen) atoms. The van der Waals surface area contributed by atoms with Gasteiger partial charge in [-0.2, -0.15) is 0 Å². The normalized spacial score (nSPS) is 14.9. The molecule has 74 valence electrons. The second-order valence-corrected chi connectivity index (χ2v) is 3.24. The minimum Gasteiger partial charge on any atom is -0.446 e. The first-order valence-electron chi connectivity index (χ1n) is 4.47. The largest absolute Gasteiger partial charge is 0.446 e. The van der Waals surface area contributed by atoms with Gasteiger partial charge in [-0.25, -0.2) is 9.18 Å². The maximum atomic E-state index is 12.5. The molecule has 0 aromatic heterocycles. The fourth-order valence-corrected chi connectivity index (χ4v) is 1.02. The Kier molecular flexibility index (Phi) is 2.35. The van der Waals surface area contributed by atoms with E-state index in [4.69, 9.17) is 4.74 Å². The number of anilines is 1. The number of benzene rings is 1. The molecule has 0 bridgehead atoms. The number of hydrogen-bond donors (Lipinski definition) is 1. The van der Waals surface area contributed by atoms with Crippen molar-refractivity contribution in [2.45, 2.75) is 18.9 Å². The highest BCUT2D eigenvalue weighted by Gasteiger charge is 2.25. The number of rotatable bonds is 2. The zero-order valence-corrected chi connectivity index (χ0v) is 7.50. The Morgan fingerprint density at radius 3 is 2.57 bits per heavy atom. The van der Waals surface area contributed by atoms with Gasteiger partial charge in [0, 0.05) is 5.69 Å². The van der Waals surface area contributed by atoms with Crippen LogP contribution < -0.4 is 5.32 Å². The Bertz CT molecular complexity index is 332. The highest BCUT2D eigenvalue weighted by atomic mass is 19.1. The summed E-state index contributed by atoms with van der Waals surface area (Å²) in [7, 11) is 0. The molecular weight excluding hydrogens is 185 g/mol. The van der Waals surface area contributed by atoms with E-state index < -0.39 is 6.09 Å². The van der Waals surface area contributed by atoms with Crippen molar-refractivity contribution in [2.75, 3.05) is 5.32 Å². The molecule has 1 aromatic rings. The molecule has 1 aromatic carbocycles. The predicted octanol–water partition coefficient (Wildman–Crippen LogP) is 2.54. The first-order valence-corrected chi connectivity index (χ1v) is 4.47. The highest BCUT2D eigenvalue weighted by Crippen LogP contribution is 2.23. The van der Waals surface area contributed by atoms with Crippen LogP contribution in [0.5, 0.6) is 0 Å². The van der Waals surface area contributed by atoms with Gasteiger partial charge in [-0.15, -0.1) is 0 Å². The van der Waals surface area contributed by atoms with Crippen molar-refractivity contribution in [1.29, 1.82) is 0 Å². The lowest BCUT2D eigenvalue weighted by atomic mass is 10.3. The average Bonchev–Trinajstić information content (AvgIpc) is 2.93. The summed E-state index contributed by atoms with van der Waals surface area (Å²) in [6.45, 7) is 0. The second-order valence-electron chi connectivity index (χ2n) is 3.24. The van der Waals surface area contributed by atoms with Crippen LogP contribution in [-0.4, -0.2) is 12.2 Å². The van der Waals surface area contributed by atoms with Gasteiger partial charge in [0.05, 0.1) is 0 Å². The van der Waals surface area contributed by atoms with Crippen LogP contribution in [0, 0.1) is 5.82 Å². The van der Waals surface area contributed by atoms with E-state index in [1.165, 1.54) is 24.3 Å². The summed E-state index contributed by atoms with van der Waals surface area (Å²) >= 11 is 0. The number of halogens is 1. The Labute approximate surface area is 80.9 Å². The minimum atomic E-state index is -0.473. The van der Waals surface area contributed by atoms with Crippen LogP contribution in [0.15, 0.2) is 24.3 Å². The number of carbonyl (C=O) groups excluding carboxylic acids is 1. The van der Waals surface area contributed by atoms with Crippen molar-refractivity contribution < 1.29 is 13.9 Å². The van der Waals surface area contributed by atoms with Crippen molar-refractivity contribution in [2.24, 2.45) is 0 Å². The van der Waals surface area contributed by atoms with Gasteiger partial charge in [0.2, 0.25) is 0 Å². The van der Waals surface area contributed by atoms with Crippen molar-refractivity contribution in [3.8, 4) is 0 Å². The third-order valence-corrected chi connectivity index (χ3v) is 1.89. The van der Waals surface area contributed by atoms with E-state index in [-0.39, 0.29) is 11.9 Å². The summed E-state index contributed by atoms with van der Waals surface area (Å²) in [5.74, 6) is -0.328. The second kappa shape index (κ2) is 3.65. The number of ether oxygens (including phenoxy) is 1. The molecular formula is C10H10FNO2. The Hall–Kier alpha value is -1.58. The van der Waals surface area contributed by atoms with Crippen molar-refractivity contribution >= 4 is 11.8 Å². The van der Waals surface area contributed by atoms with Crippen molar-refractivity contribution in [3.05, 3.63) is 30.1 Å². The Morgan fingerprint density at radius 2 is 2.00 bits per heavy atom. The molecule has 1 N–H and O–H groups in total. The van der Waals surface area contributed by atoms with Gasteiger partial charge in [0.1, 0.15) is 11.9 Å². The fourth-order valence-electron chi connectivity index (χ4n) is 1.02. The molecule has 3 nitrogen and oxygen atoms in total. The van der Waals surface area contributed by atoms with E-state index in [0.717, 1.165) is 12.8 Å². The number of carbonyl (C=O) groups is 1. The lowest BCUT2D eigenvalue weighted by Gasteiger charge is -2.04. The van der Waals surface area contributed by atoms with E-state index in [9.17, 15) is 9.18 Å². The zero-order chi connectivity index (χ0) is 9.97. The van der Waals surface area contributed by atoms with Gasteiger partial charge < -0.3 is 4.74 Å². The molecule has 2 rings (SSSR count). The monoisotopic (exact) mass is 195 g/mol. The third-order valence-electron chi connectivity index (χ3n) is 1.89. The van der Waals surface area contributed by atoms with E-state index >= 15 is 0 Å². The van der Waals surface area contributed by atoms with Gasteiger partial charge >= 0.3 is 6.09 Å². The number of nitrogens with one attached hydrogen (secondary N) is 1. The molecule has 0 aliphatic heterocycles. The average molecular weight is 195 g/mol. The molecule has 0 atom stereocenters. The zero-order valence-electron chi connectivity index (χ0n) is 7.50. The Balaban J connectivity index is 1.89. The Morgan fingerprint density at radius 1 is 1.36 bits per heavy atom. The topological polar surface area (TPSA) is 38.3 Å². The van der Waals surface area contributed by atoms with Crippen molar-refractivity contribution in [1.82, 2.24) is 0 Å². The van der Waals surface area contributed by atoms with Gasteiger partial charge in [-0.1, -0.05) is 0 Å². The van der Waals surface area contributed by atoms with Crippen LogP contribution in [0.3, 0.4) is 0 Å². The van der Waals surface area contributed by atoms with Gasteiger partial charge in [0.25, 0.3) is 0 Å². The van der Waals surface area contributed by atoms with Crippen LogP contribution in [0.2, 0.25) is 0 Å². The van der Waals surface area contributed by atoms with Gasteiger partial charge in [-0.3, -0.25) is 5.32 Å². The van der Waals surface area contributed by atoms with Crippen molar-refractivity contribution in [3.63, 3.8) is 0 Å².